The van der Waals surface area contributed by atoms with Crippen LogP contribution in [0, 0.1) is 6.92 Å². The fourth-order valence-corrected chi connectivity index (χ4v) is 2.30. The quantitative estimate of drug-likeness (QED) is 0.536. The highest BCUT2D eigenvalue weighted by molar-refractivity contribution is 5.35. The molecule has 0 amide bonds. The molecular weight excluding hydrogens is 294 g/mol. The molecule has 1 aromatic rings. The van der Waals surface area contributed by atoms with E-state index in [-0.39, 0.29) is 12.4 Å². The molecule has 2 rings (SSSR count). The van der Waals surface area contributed by atoms with Crippen molar-refractivity contribution in [2.45, 2.75) is 31.5 Å². The summed E-state index contributed by atoms with van der Waals surface area (Å²) in [4.78, 5) is 15.7. The first kappa shape index (κ1) is 16.8. The molecule has 0 bridgehead atoms. The number of aliphatic hydroxyl groups excluding tert-OH is 2. The van der Waals surface area contributed by atoms with Crippen LogP contribution in [0.15, 0.2) is 11.0 Å². The van der Waals surface area contributed by atoms with Crippen molar-refractivity contribution < 1.29 is 24.4 Å². The van der Waals surface area contributed by atoms with Crippen LogP contribution in [-0.4, -0.2) is 65.0 Å². The third-order valence-corrected chi connectivity index (χ3v) is 3.54. The van der Waals surface area contributed by atoms with Crippen molar-refractivity contribution in [2.75, 3.05) is 32.7 Å². The van der Waals surface area contributed by atoms with Gasteiger partial charge in [-0.05, 0) is 6.92 Å². The molecule has 0 unspecified atom stereocenters. The standard InChI is InChI=1S/C13H21N3O6/c1-7-5-16(13(19)15-11(7)14)12-10(21-4-3-20-2)9(18)8(6-17)22-12/h5,8-10,12,17-18H,3-4,6H2,1-2H3,(H2,14,15,19)/t8-,9-,10-,12-/m1/s1. The molecule has 1 aliphatic rings. The van der Waals surface area contributed by atoms with Crippen molar-refractivity contribution in [3.8, 4) is 0 Å². The van der Waals surface area contributed by atoms with Crippen molar-refractivity contribution in [2.24, 2.45) is 0 Å². The Morgan fingerprint density at radius 2 is 2.23 bits per heavy atom. The number of hydrogen-bond donors (Lipinski definition) is 3. The van der Waals surface area contributed by atoms with Crippen LogP contribution in [-0.2, 0) is 14.2 Å². The van der Waals surface area contributed by atoms with Crippen molar-refractivity contribution in [1.29, 1.82) is 0 Å². The summed E-state index contributed by atoms with van der Waals surface area (Å²) in [6, 6.07) is 0. The number of methoxy groups -OCH3 is 1. The van der Waals surface area contributed by atoms with Crippen LogP contribution in [0.4, 0.5) is 5.82 Å². The second-order valence-corrected chi connectivity index (χ2v) is 5.07. The van der Waals surface area contributed by atoms with E-state index in [4.69, 9.17) is 19.9 Å². The van der Waals surface area contributed by atoms with Crippen molar-refractivity contribution >= 4 is 5.82 Å². The minimum atomic E-state index is -1.07. The van der Waals surface area contributed by atoms with Gasteiger partial charge in [0.25, 0.3) is 0 Å². The summed E-state index contributed by atoms with van der Waals surface area (Å²) >= 11 is 0. The summed E-state index contributed by atoms with van der Waals surface area (Å²) in [6.07, 6.45) is -2.15. The largest absolute Gasteiger partial charge is 0.394 e. The molecule has 0 saturated carbocycles. The zero-order chi connectivity index (χ0) is 16.3. The lowest BCUT2D eigenvalue weighted by atomic mass is 10.1. The number of aryl methyl sites for hydroxylation is 1. The average molecular weight is 315 g/mol. The van der Waals surface area contributed by atoms with Crippen molar-refractivity contribution in [1.82, 2.24) is 9.55 Å². The van der Waals surface area contributed by atoms with Crippen LogP contribution in [0.25, 0.3) is 0 Å². The normalized spacial score (nSPS) is 28.2. The molecule has 0 aromatic carbocycles. The first-order chi connectivity index (χ1) is 10.5. The summed E-state index contributed by atoms with van der Waals surface area (Å²) in [5, 5.41) is 19.5. The average Bonchev–Trinajstić information content (AvgIpc) is 2.80. The number of nitrogens with zero attached hydrogens (tertiary/aromatic N) is 2. The molecule has 0 spiro atoms. The lowest BCUT2D eigenvalue weighted by molar-refractivity contribution is -0.0819. The van der Waals surface area contributed by atoms with Gasteiger partial charge in [0.1, 0.15) is 24.1 Å². The number of anilines is 1. The topological polar surface area (TPSA) is 129 Å². The van der Waals surface area contributed by atoms with Crippen LogP contribution < -0.4 is 11.4 Å². The van der Waals surface area contributed by atoms with E-state index in [0.29, 0.717) is 12.2 Å². The predicted octanol–water partition coefficient (Wildman–Crippen LogP) is -1.58. The van der Waals surface area contributed by atoms with Gasteiger partial charge in [-0.25, -0.2) is 4.79 Å². The zero-order valence-corrected chi connectivity index (χ0v) is 12.5. The van der Waals surface area contributed by atoms with Crippen LogP contribution in [0.1, 0.15) is 11.8 Å². The highest BCUT2D eigenvalue weighted by atomic mass is 16.6. The molecule has 0 radical (unpaired) electrons. The molecule has 1 aliphatic heterocycles. The fraction of sp³-hybridized carbons (Fsp3) is 0.692. The lowest BCUT2D eigenvalue weighted by Crippen LogP contribution is -2.39. The number of rotatable bonds is 6. The van der Waals surface area contributed by atoms with Gasteiger partial charge in [0.2, 0.25) is 0 Å². The Morgan fingerprint density at radius 3 is 2.86 bits per heavy atom. The van der Waals surface area contributed by atoms with Crippen LogP contribution in [0.3, 0.4) is 0 Å². The Balaban J connectivity index is 2.29. The maximum absolute atomic E-state index is 12.0. The van der Waals surface area contributed by atoms with Crippen molar-refractivity contribution in [3.05, 3.63) is 22.2 Å². The Morgan fingerprint density at radius 1 is 1.50 bits per heavy atom. The summed E-state index contributed by atoms with van der Waals surface area (Å²) in [5.74, 6) is 0.135. The SMILES string of the molecule is COCCO[C@@H]1[C@H](O)[C@@H](CO)O[C@H]1n1cc(C)c(N)nc1=O. The van der Waals surface area contributed by atoms with Crippen molar-refractivity contribution in [3.63, 3.8) is 0 Å². The molecule has 1 aromatic heterocycles. The number of nitrogen functional groups attached to an aromatic ring is 1. The van der Waals surface area contributed by atoms with Crippen LogP contribution in [0.2, 0.25) is 0 Å². The van der Waals surface area contributed by atoms with E-state index in [1.54, 1.807) is 6.92 Å². The number of ether oxygens (including phenoxy) is 3. The van der Waals surface area contributed by atoms with E-state index < -0.39 is 36.8 Å². The van der Waals surface area contributed by atoms with E-state index in [9.17, 15) is 15.0 Å². The first-order valence-corrected chi connectivity index (χ1v) is 6.89. The van der Waals surface area contributed by atoms with E-state index in [0.717, 1.165) is 0 Å². The number of aromatic nitrogens is 2. The Bertz CT molecular complexity index is 563. The molecule has 0 aliphatic carbocycles. The van der Waals surface area contributed by atoms with Crippen LogP contribution >= 0.6 is 0 Å². The van der Waals surface area contributed by atoms with E-state index >= 15 is 0 Å². The summed E-state index contributed by atoms with van der Waals surface area (Å²) in [6.45, 7) is 1.85. The minimum absolute atomic E-state index is 0.135. The number of hydrogen-bond acceptors (Lipinski definition) is 8. The van der Waals surface area contributed by atoms with Gasteiger partial charge in [-0.15, -0.1) is 0 Å². The van der Waals surface area contributed by atoms with Gasteiger partial charge in [0.05, 0.1) is 19.8 Å². The van der Waals surface area contributed by atoms with E-state index in [2.05, 4.69) is 4.98 Å². The molecule has 9 nitrogen and oxygen atoms in total. The van der Waals surface area contributed by atoms with E-state index in [1.807, 2.05) is 0 Å². The summed E-state index contributed by atoms with van der Waals surface area (Å²) in [5.41, 5.74) is 5.59. The molecule has 1 saturated heterocycles. The van der Waals surface area contributed by atoms with Gasteiger partial charge in [-0.2, -0.15) is 4.98 Å². The van der Waals surface area contributed by atoms with Gasteiger partial charge in [0, 0.05) is 18.9 Å². The number of aliphatic hydroxyl groups is 2. The van der Waals surface area contributed by atoms with Gasteiger partial charge in [-0.1, -0.05) is 0 Å². The van der Waals surface area contributed by atoms with Gasteiger partial charge >= 0.3 is 5.69 Å². The van der Waals surface area contributed by atoms with Gasteiger partial charge < -0.3 is 30.2 Å². The fourth-order valence-electron chi connectivity index (χ4n) is 2.30. The van der Waals surface area contributed by atoms with Crippen LogP contribution in [0.5, 0.6) is 0 Å². The lowest BCUT2D eigenvalue weighted by Gasteiger charge is -2.22. The Hall–Kier alpha value is -1.52. The molecule has 22 heavy (non-hydrogen) atoms. The smallest absolute Gasteiger partial charge is 0.351 e. The highest BCUT2D eigenvalue weighted by Gasteiger charge is 2.45. The summed E-state index contributed by atoms with van der Waals surface area (Å²) in [7, 11) is 1.52. The first-order valence-electron chi connectivity index (χ1n) is 6.89. The third-order valence-electron chi connectivity index (χ3n) is 3.54. The molecular formula is C13H21N3O6. The monoisotopic (exact) mass is 315 g/mol. The van der Waals surface area contributed by atoms with E-state index in [1.165, 1.54) is 17.9 Å². The maximum Gasteiger partial charge on any atom is 0.351 e. The molecule has 4 N–H and O–H groups in total. The minimum Gasteiger partial charge on any atom is -0.394 e. The second kappa shape index (κ2) is 7.16. The Labute approximate surface area is 127 Å². The molecule has 2 heterocycles. The zero-order valence-electron chi connectivity index (χ0n) is 12.5. The Kier molecular flexibility index (Phi) is 5.48. The molecule has 4 atom stereocenters. The predicted molar refractivity (Wildman–Crippen MR) is 76.3 cm³/mol. The summed E-state index contributed by atoms with van der Waals surface area (Å²) < 4.78 is 17.2. The molecule has 9 heteroatoms. The van der Waals surface area contributed by atoms with Gasteiger partial charge in [-0.3, -0.25) is 4.57 Å². The van der Waals surface area contributed by atoms with Gasteiger partial charge in [0.15, 0.2) is 6.23 Å². The molecule has 124 valence electrons. The second-order valence-electron chi connectivity index (χ2n) is 5.07. The highest BCUT2D eigenvalue weighted by Crippen LogP contribution is 2.31. The molecule has 1 fully saturated rings. The number of nitrogens with two attached hydrogens (primary N) is 1. The maximum atomic E-state index is 12.0. The third kappa shape index (κ3) is 3.28.